The maximum atomic E-state index is 12.4. The molecule has 3 heteroatoms. The third-order valence-electron chi connectivity index (χ3n) is 1.71. The number of halogens is 1. The second kappa shape index (κ2) is 3.95. The molecule has 0 aliphatic rings. The van der Waals surface area contributed by atoms with Gasteiger partial charge in [-0.15, -0.1) is 0 Å². The van der Waals surface area contributed by atoms with Crippen LogP contribution in [0.5, 0.6) is 5.75 Å². The van der Waals surface area contributed by atoms with Crippen molar-refractivity contribution in [1.82, 2.24) is 0 Å². The molecule has 1 rings (SSSR count). The molecule has 0 bridgehead atoms. The summed E-state index contributed by atoms with van der Waals surface area (Å²) < 4.78 is 17.4. The van der Waals surface area contributed by atoms with Crippen molar-refractivity contribution in [3.05, 3.63) is 23.8 Å². The maximum Gasteiger partial charge on any atom is 0.147 e. The largest absolute Gasteiger partial charge is 0.494 e. The van der Waals surface area contributed by atoms with Gasteiger partial charge in [-0.3, -0.25) is 0 Å². The number of benzene rings is 1. The number of para-hydroxylation sites is 1. The average molecular weight is 169 g/mol. The SMILES string of the molecule is CNc1cccc(CF)c1OC. The normalized spacial score (nSPS) is 9.58. The summed E-state index contributed by atoms with van der Waals surface area (Å²) in [5.74, 6) is 0.586. The van der Waals surface area contributed by atoms with E-state index in [1.165, 1.54) is 7.11 Å². The first kappa shape index (κ1) is 8.84. The Morgan fingerprint density at radius 1 is 1.50 bits per heavy atom. The van der Waals surface area contributed by atoms with Gasteiger partial charge in [-0.1, -0.05) is 12.1 Å². The van der Waals surface area contributed by atoms with Gasteiger partial charge >= 0.3 is 0 Å². The summed E-state index contributed by atoms with van der Waals surface area (Å²) in [6.07, 6.45) is 0. The number of hydrogen-bond acceptors (Lipinski definition) is 2. The topological polar surface area (TPSA) is 21.3 Å². The van der Waals surface area contributed by atoms with Crippen LogP contribution in [-0.4, -0.2) is 14.2 Å². The summed E-state index contributed by atoms with van der Waals surface area (Å²) in [5, 5.41) is 2.93. The van der Waals surface area contributed by atoms with Crippen LogP contribution in [0.25, 0.3) is 0 Å². The van der Waals surface area contributed by atoms with Crippen molar-refractivity contribution in [2.45, 2.75) is 6.67 Å². The molecule has 0 heterocycles. The van der Waals surface area contributed by atoms with E-state index < -0.39 is 6.67 Å². The zero-order valence-corrected chi connectivity index (χ0v) is 7.23. The van der Waals surface area contributed by atoms with E-state index in [0.29, 0.717) is 11.3 Å². The second-order valence-electron chi connectivity index (χ2n) is 2.38. The molecule has 0 spiro atoms. The van der Waals surface area contributed by atoms with E-state index in [0.717, 1.165) is 5.69 Å². The highest BCUT2D eigenvalue weighted by Crippen LogP contribution is 2.28. The summed E-state index contributed by atoms with van der Waals surface area (Å²) in [5.41, 5.74) is 1.39. The molecule has 2 nitrogen and oxygen atoms in total. The van der Waals surface area contributed by atoms with E-state index in [-0.39, 0.29) is 0 Å². The first-order chi connectivity index (χ1) is 5.83. The Kier molecular flexibility index (Phi) is 2.91. The predicted octanol–water partition coefficient (Wildman–Crippen LogP) is 2.21. The molecule has 0 amide bonds. The Balaban J connectivity index is 3.13. The monoisotopic (exact) mass is 169 g/mol. The first-order valence-electron chi connectivity index (χ1n) is 3.73. The lowest BCUT2D eigenvalue weighted by atomic mass is 10.2. The number of nitrogens with one attached hydrogen (secondary N) is 1. The van der Waals surface area contributed by atoms with Gasteiger partial charge in [0.05, 0.1) is 12.8 Å². The molecular formula is C9H12FNO. The molecule has 0 aliphatic carbocycles. The van der Waals surface area contributed by atoms with Crippen molar-refractivity contribution < 1.29 is 9.13 Å². The average Bonchev–Trinajstić information content (AvgIpc) is 2.16. The molecule has 0 saturated carbocycles. The minimum atomic E-state index is -0.501. The van der Waals surface area contributed by atoms with Gasteiger partial charge in [-0.25, -0.2) is 4.39 Å². The highest BCUT2D eigenvalue weighted by Gasteiger charge is 2.05. The van der Waals surface area contributed by atoms with Crippen LogP contribution in [-0.2, 0) is 6.67 Å². The number of methoxy groups -OCH3 is 1. The quantitative estimate of drug-likeness (QED) is 0.749. The third-order valence-corrected chi connectivity index (χ3v) is 1.71. The molecule has 66 valence electrons. The van der Waals surface area contributed by atoms with E-state index >= 15 is 0 Å². The number of alkyl halides is 1. The number of ether oxygens (including phenoxy) is 1. The second-order valence-corrected chi connectivity index (χ2v) is 2.38. The summed E-state index contributed by atoms with van der Waals surface area (Å²) in [6.45, 7) is -0.501. The van der Waals surface area contributed by atoms with Gasteiger partial charge in [0.1, 0.15) is 12.4 Å². The lowest BCUT2D eigenvalue weighted by Crippen LogP contribution is -1.96. The van der Waals surface area contributed by atoms with Crippen molar-refractivity contribution in [2.75, 3.05) is 19.5 Å². The molecule has 1 N–H and O–H groups in total. The van der Waals surface area contributed by atoms with E-state index in [4.69, 9.17) is 4.74 Å². The molecule has 0 unspecified atom stereocenters. The molecule has 0 atom stereocenters. The molecule has 1 aromatic rings. The molecular weight excluding hydrogens is 157 g/mol. The van der Waals surface area contributed by atoms with Crippen LogP contribution >= 0.6 is 0 Å². The molecule has 0 aromatic heterocycles. The smallest absolute Gasteiger partial charge is 0.147 e. The number of rotatable bonds is 3. The summed E-state index contributed by atoms with van der Waals surface area (Å²) in [6, 6.07) is 5.35. The summed E-state index contributed by atoms with van der Waals surface area (Å²) in [7, 11) is 3.31. The van der Waals surface area contributed by atoms with Crippen molar-refractivity contribution in [3.63, 3.8) is 0 Å². The molecule has 0 radical (unpaired) electrons. The Labute approximate surface area is 71.4 Å². The highest BCUT2D eigenvalue weighted by atomic mass is 19.1. The fourth-order valence-electron chi connectivity index (χ4n) is 1.13. The molecule has 1 aromatic carbocycles. The van der Waals surface area contributed by atoms with Gasteiger partial charge in [0.25, 0.3) is 0 Å². The van der Waals surface area contributed by atoms with Gasteiger partial charge in [0.15, 0.2) is 0 Å². The minimum absolute atomic E-state index is 0.501. The Hall–Kier alpha value is -1.25. The molecule has 0 aliphatic heterocycles. The zero-order valence-electron chi connectivity index (χ0n) is 7.23. The standard InChI is InChI=1S/C9H12FNO/c1-11-8-5-3-4-7(6-10)9(8)12-2/h3-5,11H,6H2,1-2H3. The van der Waals surface area contributed by atoms with Crippen LogP contribution in [0, 0.1) is 0 Å². The first-order valence-corrected chi connectivity index (χ1v) is 3.73. The van der Waals surface area contributed by atoms with Crippen molar-refractivity contribution >= 4 is 5.69 Å². The van der Waals surface area contributed by atoms with Crippen LogP contribution in [0.2, 0.25) is 0 Å². The van der Waals surface area contributed by atoms with E-state index in [2.05, 4.69) is 5.32 Å². The Bertz CT molecular complexity index is 240. The third kappa shape index (κ3) is 1.49. The minimum Gasteiger partial charge on any atom is -0.494 e. The van der Waals surface area contributed by atoms with E-state index in [1.807, 2.05) is 6.07 Å². The number of hydrogen-bond donors (Lipinski definition) is 1. The summed E-state index contributed by atoms with van der Waals surface area (Å²) >= 11 is 0. The fraction of sp³-hybridized carbons (Fsp3) is 0.333. The zero-order chi connectivity index (χ0) is 8.97. The Morgan fingerprint density at radius 3 is 2.75 bits per heavy atom. The van der Waals surface area contributed by atoms with Crippen LogP contribution in [0.15, 0.2) is 18.2 Å². The van der Waals surface area contributed by atoms with Gasteiger partial charge in [-0.05, 0) is 6.07 Å². The van der Waals surface area contributed by atoms with Crippen molar-refractivity contribution in [2.24, 2.45) is 0 Å². The van der Waals surface area contributed by atoms with Crippen molar-refractivity contribution in [3.8, 4) is 5.75 Å². The molecule has 12 heavy (non-hydrogen) atoms. The van der Waals surface area contributed by atoms with Gasteiger partial charge < -0.3 is 10.1 Å². The predicted molar refractivity (Wildman–Crippen MR) is 47.4 cm³/mol. The highest BCUT2D eigenvalue weighted by molar-refractivity contribution is 5.59. The summed E-state index contributed by atoms with van der Waals surface area (Å²) in [4.78, 5) is 0. The fourth-order valence-corrected chi connectivity index (χ4v) is 1.13. The van der Waals surface area contributed by atoms with Gasteiger partial charge in [-0.2, -0.15) is 0 Å². The molecule has 0 saturated heterocycles. The number of anilines is 1. The Morgan fingerprint density at radius 2 is 2.25 bits per heavy atom. The van der Waals surface area contributed by atoms with Gasteiger partial charge in [0.2, 0.25) is 0 Å². The van der Waals surface area contributed by atoms with E-state index in [1.54, 1.807) is 19.2 Å². The van der Waals surface area contributed by atoms with Crippen LogP contribution < -0.4 is 10.1 Å². The maximum absolute atomic E-state index is 12.4. The van der Waals surface area contributed by atoms with Crippen LogP contribution in [0.1, 0.15) is 5.56 Å². The van der Waals surface area contributed by atoms with Crippen molar-refractivity contribution in [1.29, 1.82) is 0 Å². The molecule has 0 fully saturated rings. The lowest BCUT2D eigenvalue weighted by molar-refractivity contribution is 0.396. The van der Waals surface area contributed by atoms with E-state index in [9.17, 15) is 4.39 Å². The van der Waals surface area contributed by atoms with Crippen LogP contribution in [0.4, 0.5) is 10.1 Å². The van der Waals surface area contributed by atoms with Gasteiger partial charge in [0, 0.05) is 12.6 Å². The lowest BCUT2D eigenvalue weighted by Gasteiger charge is -2.10. The van der Waals surface area contributed by atoms with Crippen LogP contribution in [0.3, 0.4) is 0 Å².